The van der Waals surface area contributed by atoms with Crippen molar-refractivity contribution in [2.24, 2.45) is 0 Å². The lowest BCUT2D eigenvalue weighted by Crippen LogP contribution is -1.96. The van der Waals surface area contributed by atoms with Gasteiger partial charge in [-0.15, -0.1) is 0 Å². The molecule has 0 spiro atoms. The van der Waals surface area contributed by atoms with Crippen molar-refractivity contribution in [3.8, 4) is 17.2 Å². The maximum absolute atomic E-state index is 9.79. The van der Waals surface area contributed by atoms with Crippen LogP contribution in [0.3, 0.4) is 0 Å². The number of hydrogen-bond donors (Lipinski definition) is 0. The van der Waals surface area contributed by atoms with Crippen molar-refractivity contribution in [3.63, 3.8) is 0 Å². The number of nitrogens with zero attached hydrogens (tertiary/aromatic N) is 2. The molecule has 4 aromatic rings. The summed E-state index contributed by atoms with van der Waals surface area (Å²) >= 11 is 0. The minimum absolute atomic E-state index is 0.743. The molecule has 24 heavy (non-hydrogen) atoms. The summed E-state index contributed by atoms with van der Waals surface area (Å²) < 4.78 is 2.15. The largest absolute Gasteiger partial charge is 0.319 e. The van der Waals surface area contributed by atoms with Gasteiger partial charge in [-0.2, -0.15) is 5.26 Å². The number of nitriles is 1. The summed E-state index contributed by atoms with van der Waals surface area (Å²) in [5.74, 6) is 0. The molecule has 2 heterocycles. The van der Waals surface area contributed by atoms with E-state index in [0.717, 1.165) is 34.3 Å². The Kier molecular flexibility index (Phi) is 3.61. The third-order valence-corrected chi connectivity index (χ3v) is 4.33. The van der Waals surface area contributed by atoms with E-state index in [1.807, 2.05) is 48.7 Å². The van der Waals surface area contributed by atoms with Gasteiger partial charge in [-0.3, -0.25) is 0 Å². The molecule has 0 aliphatic heterocycles. The van der Waals surface area contributed by atoms with Gasteiger partial charge in [-0.25, -0.2) is 0 Å². The van der Waals surface area contributed by atoms with E-state index in [4.69, 9.17) is 0 Å². The fraction of sp³-hybridized carbons (Fsp3) is 0.0455. The summed E-state index contributed by atoms with van der Waals surface area (Å²) in [6.45, 7) is 0. The standard InChI is InChI=1S/C22H16N2/c23-16-19-20-13-7-8-14-24(20)21(15-17-9-3-1-4-10-17)22(19)18-11-5-2-6-12-18/h1-14H,15H2. The molecule has 0 fully saturated rings. The Morgan fingerprint density at radius 1 is 0.792 bits per heavy atom. The third-order valence-electron chi connectivity index (χ3n) is 4.33. The predicted octanol–water partition coefficient (Wildman–Crippen LogP) is 5.07. The second kappa shape index (κ2) is 6.06. The van der Waals surface area contributed by atoms with E-state index in [1.54, 1.807) is 0 Å². The number of hydrogen-bond acceptors (Lipinski definition) is 1. The Bertz CT molecular complexity index is 1020. The van der Waals surface area contributed by atoms with Crippen molar-refractivity contribution in [1.29, 1.82) is 5.26 Å². The van der Waals surface area contributed by atoms with Crippen LogP contribution in [0.15, 0.2) is 85.1 Å². The summed E-state index contributed by atoms with van der Waals surface area (Å²) in [6, 6.07) is 29.0. The Labute approximate surface area is 141 Å². The minimum Gasteiger partial charge on any atom is -0.319 e. The van der Waals surface area contributed by atoms with Crippen molar-refractivity contribution >= 4 is 5.52 Å². The summed E-state index contributed by atoms with van der Waals surface area (Å²) in [6.07, 6.45) is 2.83. The zero-order valence-electron chi connectivity index (χ0n) is 13.2. The monoisotopic (exact) mass is 308 g/mol. The average Bonchev–Trinajstić information content (AvgIpc) is 2.97. The first-order valence-corrected chi connectivity index (χ1v) is 8.00. The highest BCUT2D eigenvalue weighted by molar-refractivity contribution is 5.83. The van der Waals surface area contributed by atoms with E-state index >= 15 is 0 Å². The van der Waals surface area contributed by atoms with Crippen LogP contribution in [-0.2, 0) is 6.42 Å². The van der Waals surface area contributed by atoms with Crippen molar-refractivity contribution < 1.29 is 0 Å². The lowest BCUT2D eigenvalue weighted by atomic mass is 9.98. The van der Waals surface area contributed by atoms with Crippen LogP contribution in [0.1, 0.15) is 16.8 Å². The second-order valence-electron chi connectivity index (χ2n) is 5.79. The molecule has 2 nitrogen and oxygen atoms in total. The van der Waals surface area contributed by atoms with Crippen LogP contribution in [0.25, 0.3) is 16.6 Å². The van der Waals surface area contributed by atoms with Gasteiger partial charge in [0.1, 0.15) is 6.07 Å². The van der Waals surface area contributed by atoms with Crippen LogP contribution in [0.5, 0.6) is 0 Å². The Hall–Kier alpha value is -3.31. The fourth-order valence-electron chi connectivity index (χ4n) is 3.27. The fourth-order valence-corrected chi connectivity index (χ4v) is 3.27. The summed E-state index contributed by atoms with van der Waals surface area (Å²) in [7, 11) is 0. The molecule has 4 rings (SSSR count). The van der Waals surface area contributed by atoms with E-state index in [9.17, 15) is 5.26 Å². The van der Waals surface area contributed by atoms with Crippen LogP contribution < -0.4 is 0 Å². The van der Waals surface area contributed by atoms with Gasteiger partial charge in [0.15, 0.2) is 0 Å². The van der Waals surface area contributed by atoms with Crippen molar-refractivity contribution in [2.75, 3.05) is 0 Å². The quantitative estimate of drug-likeness (QED) is 0.519. The second-order valence-corrected chi connectivity index (χ2v) is 5.79. The Morgan fingerprint density at radius 3 is 2.17 bits per heavy atom. The molecule has 2 aromatic heterocycles. The first-order chi connectivity index (χ1) is 11.9. The van der Waals surface area contributed by atoms with Gasteiger partial charge < -0.3 is 4.40 Å². The number of benzene rings is 2. The first kappa shape index (κ1) is 14.3. The molecular formula is C22H16N2. The van der Waals surface area contributed by atoms with Crippen molar-refractivity contribution in [3.05, 3.63) is 102 Å². The molecule has 114 valence electrons. The maximum atomic E-state index is 9.79. The Balaban J connectivity index is 2.02. The SMILES string of the molecule is N#Cc1c(-c2ccccc2)c(Cc2ccccc2)n2ccccc12. The summed E-state index contributed by atoms with van der Waals surface area (Å²) in [4.78, 5) is 0. The highest BCUT2D eigenvalue weighted by atomic mass is 14.9. The van der Waals surface area contributed by atoms with Gasteiger partial charge in [0, 0.05) is 23.9 Å². The van der Waals surface area contributed by atoms with Crippen molar-refractivity contribution in [1.82, 2.24) is 4.40 Å². The zero-order valence-corrected chi connectivity index (χ0v) is 13.2. The normalized spacial score (nSPS) is 10.6. The number of pyridine rings is 1. The number of aromatic nitrogens is 1. The van der Waals surface area contributed by atoms with Crippen LogP contribution in [0, 0.1) is 11.3 Å². The third kappa shape index (κ3) is 2.37. The molecule has 0 unspecified atom stereocenters. The smallest absolute Gasteiger partial charge is 0.102 e. The molecule has 0 N–H and O–H groups in total. The van der Waals surface area contributed by atoms with Gasteiger partial charge in [0.05, 0.1) is 11.1 Å². The molecular weight excluding hydrogens is 292 g/mol. The van der Waals surface area contributed by atoms with Crippen LogP contribution in [0.2, 0.25) is 0 Å². The molecule has 2 heteroatoms. The molecule has 0 saturated carbocycles. The van der Waals surface area contributed by atoms with E-state index in [0.29, 0.717) is 0 Å². The maximum Gasteiger partial charge on any atom is 0.102 e. The van der Waals surface area contributed by atoms with Gasteiger partial charge >= 0.3 is 0 Å². The van der Waals surface area contributed by atoms with Gasteiger partial charge in [0.25, 0.3) is 0 Å². The van der Waals surface area contributed by atoms with Gasteiger partial charge in [0.2, 0.25) is 0 Å². The summed E-state index contributed by atoms with van der Waals surface area (Å²) in [5.41, 5.74) is 6.22. The number of rotatable bonds is 3. The molecule has 0 atom stereocenters. The van der Waals surface area contributed by atoms with E-state index in [1.165, 1.54) is 5.56 Å². The van der Waals surface area contributed by atoms with E-state index < -0.39 is 0 Å². The zero-order chi connectivity index (χ0) is 16.4. The van der Waals surface area contributed by atoms with Gasteiger partial charge in [-0.05, 0) is 23.3 Å². The Morgan fingerprint density at radius 2 is 1.46 bits per heavy atom. The van der Waals surface area contributed by atoms with E-state index in [2.05, 4.69) is 46.9 Å². The van der Waals surface area contributed by atoms with Crippen LogP contribution in [0.4, 0.5) is 0 Å². The summed E-state index contributed by atoms with van der Waals surface area (Å²) in [5, 5.41) is 9.79. The molecule has 0 bridgehead atoms. The minimum atomic E-state index is 0.743. The van der Waals surface area contributed by atoms with E-state index in [-0.39, 0.29) is 0 Å². The molecule has 0 radical (unpaired) electrons. The molecule has 0 aliphatic rings. The molecule has 0 aliphatic carbocycles. The van der Waals surface area contributed by atoms with Crippen LogP contribution >= 0.6 is 0 Å². The average molecular weight is 308 g/mol. The van der Waals surface area contributed by atoms with Crippen molar-refractivity contribution in [2.45, 2.75) is 6.42 Å². The molecule has 0 saturated heterocycles. The lowest BCUT2D eigenvalue weighted by molar-refractivity contribution is 1.03. The molecule has 0 amide bonds. The topological polar surface area (TPSA) is 28.2 Å². The highest BCUT2D eigenvalue weighted by Gasteiger charge is 2.19. The molecule has 2 aromatic carbocycles. The van der Waals surface area contributed by atoms with Crippen LogP contribution in [-0.4, -0.2) is 4.40 Å². The van der Waals surface area contributed by atoms with Gasteiger partial charge in [-0.1, -0.05) is 66.7 Å². The predicted molar refractivity (Wildman–Crippen MR) is 96.8 cm³/mol. The first-order valence-electron chi connectivity index (χ1n) is 8.00. The lowest BCUT2D eigenvalue weighted by Gasteiger charge is -2.07. The number of fused-ring (bicyclic) bond motifs is 1. The highest BCUT2D eigenvalue weighted by Crippen LogP contribution is 2.34.